The summed E-state index contributed by atoms with van der Waals surface area (Å²) < 4.78 is 5.15. The Balaban J connectivity index is 1.57. The van der Waals surface area contributed by atoms with Crippen molar-refractivity contribution in [3.63, 3.8) is 0 Å². The molecule has 0 spiro atoms. The Labute approximate surface area is 162 Å². The third kappa shape index (κ3) is 4.06. The number of carbonyl (C=O) groups is 1. The first kappa shape index (κ1) is 17.8. The van der Waals surface area contributed by atoms with E-state index in [0.29, 0.717) is 16.8 Å². The molecule has 1 aliphatic carbocycles. The molecule has 0 amide bonds. The zero-order valence-corrected chi connectivity index (χ0v) is 16.1. The minimum Gasteiger partial charge on any atom is -0.497 e. The predicted molar refractivity (Wildman–Crippen MR) is 109 cm³/mol. The summed E-state index contributed by atoms with van der Waals surface area (Å²) in [5.74, 6) is 1.64. The average Bonchev–Trinajstić information content (AvgIpc) is 3.51. The van der Waals surface area contributed by atoms with Gasteiger partial charge in [0.15, 0.2) is 10.9 Å². The van der Waals surface area contributed by atoms with Crippen molar-refractivity contribution < 1.29 is 9.53 Å². The molecule has 5 nitrogen and oxygen atoms in total. The van der Waals surface area contributed by atoms with Crippen molar-refractivity contribution in [3.8, 4) is 5.75 Å². The second-order valence-corrected chi connectivity index (χ2v) is 7.95. The number of hydrogen-bond donors (Lipinski definition) is 1. The van der Waals surface area contributed by atoms with E-state index in [-0.39, 0.29) is 11.0 Å². The standard InChI is InChI=1S/C21H21N3O2S/c1-13(19(25)14-7-11-16(26-2)12-8-14)27-21-23-18-6-4-3-5-17(18)20(24-21)22-15-9-10-15/h3-8,11-13,15H,9-10H2,1-2H3,(H,22,23,24). The van der Waals surface area contributed by atoms with Gasteiger partial charge in [0.1, 0.15) is 11.6 Å². The lowest BCUT2D eigenvalue weighted by atomic mass is 10.1. The molecule has 4 rings (SSSR count). The molecule has 1 heterocycles. The Morgan fingerprint density at radius 2 is 1.89 bits per heavy atom. The van der Waals surface area contributed by atoms with E-state index in [4.69, 9.17) is 9.72 Å². The van der Waals surface area contributed by atoms with E-state index in [1.54, 1.807) is 31.4 Å². The maximum absolute atomic E-state index is 12.8. The lowest BCUT2D eigenvalue weighted by molar-refractivity contribution is 0.0994. The summed E-state index contributed by atoms with van der Waals surface area (Å²) in [7, 11) is 1.61. The van der Waals surface area contributed by atoms with Gasteiger partial charge in [-0.1, -0.05) is 23.9 Å². The van der Waals surface area contributed by atoms with Crippen LogP contribution in [0.3, 0.4) is 0 Å². The van der Waals surface area contributed by atoms with Gasteiger partial charge >= 0.3 is 0 Å². The Hall–Kier alpha value is -2.60. The minimum atomic E-state index is -0.284. The Bertz CT molecular complexity index is 971. The number of carbonyl (C=O) groups excluding carboxylic acids is 1. The molecular formula is C21H21N3O2S. The van der Waals surface area contributed by atoms with Gasteiger partial charge in [-0.2, -0.15) is 0 Å². The summed E-state index contributed by atoms with van der Waals surface area (Å²) in [6.45, 7) is 1.89. The molecule has 0 aliphatic heterocycles. The Kier molecular flexibility index (Phi) is 4.99. The van der Waals surface area contributed by atoms with Gasteiger partial charge < -0.3 is 10.1 Å². The fourth-order valence-corrected chi connectivity index (χ4v) is 3.70. The number of nitrogens with zero attached hydrogens (tertiary/aromatic N) is 2. The lowest BCUT2D eigenvalue weighted by Crippen LogP contribution is -2.14. The number of rotatable bonds is 7. The van der Waals surface area contributed by atoms with Crippen LogP contribution in [-0.2, 0) is 0 Å². The highest BCUT2D eigenvalue weighted by atomic mass is 32.2. The first-order chi connectivity index (χ1) is 13.1. The number of methoxy groups -OCH3 is 1. The van der Waals surface area contributed by atoms with Crippen molar-refractivity contribution in [2.45, 2.75) is 36.2 Å². The van der Waals surface area contributed by atoms with Crippen molar-refractivity contribution in [1.29, 1.82) is 0 Å². The van der Waals surface area contributed by atoms with Crippen molar-refractivity contribution in [2.75, 3.05) is 12.4 Å². The van der Waals surface area contributed by atoms with E-state index in [1.165, 1.54) is 24.6 Å². The van der Waals surface area contributed by atoms with E-state index in [0.717, 1.165) is 22.5 Å². The lowest BCUT2D eigenvalue weighted by Gasteiger charge is -2.13. The fraction of sp³-hybridized carbons (Fsp3) is 0.286. The molecule has 3 aromatic rings. The number of ether oxygens (including phenoxy) is 1. The Morgan fingerprint density at radius 1 is 1.15 bits per heavy atom. The number of benzene rings is 2. The van der Waals surface area contributed by atoms with Crippen molar-refractivity contribution >= 4 is 34.3 Å². The summed E-state index contributed by atoms with van der Waals surface area (Å²) in [5, 5.41) is 4.83. The molecule has 0 bridgehead atoms. The van der Waals surface area contributed by atoms with Gasteiger partial charge in [0.05, 0.1) is 17.9 Å². The highest BCUT2D eigenvalue weighted by Gasteiger charge is 2.24. The quantitative estimate of drug-likeness (QED) is 0.368. The number of fused-ring (bicyclic) bond motifs is 1. The molecule has 1 saturated carbocycles. The maximum Gasteiger partial charge on any atom is 0.190 e. The topological polar surface area (TPSA) is 64.1 Å². The first-order valence-corrected chi connectivity index (χ1v) is 9.90. The molecule has 1 atom stereocenters. The summed E-state index contributed by atoms with van der Waals surface area (Å²) in [6.07, 6.45) is 2.35. The van der Waals surface area contributed by atoms with E-state index in [9.17, 15) is 4.79 Å². The van der Waals surface area contributed by atoms with Crippen LogP contribution in [-0.4, -0.2) is 34.2 Å². The summed E-state index contributed by atoms with van der Waals surface area (Å²) in [6, 6.07) is 15.7. The monoisotopic (exact) mass is 379 g/mol. The number of ketones is 1. The number of thioether (sulfide) groups is 1. The van der Waals surface area contributed by atoms with Crippen LogP contribution in [0.5, 0.6) is 5.75 Å². The predicted octanol–water partition coefficient (Wildman–Crippen LogP) is 4.58. The van der Waals surface area contributed by atoms with Crippen LogP contribution in [0.2, 0.25) is 0 Å². The molecular weight excluding hydrogens is 358 g/mol. The van der Waals surface area contributed by atoms with Crippen LogP contribution >= 0.6 is 11.8 Å². The second-order valence-electron chi connectivity index (χ2n) is 6.64. The van der Waals surface area contributed by atoms with Gasteiger partial charge in [-0.15, -0.1) is 0 Å². The van der Waals surface area contributed by atoms with Crippen molar-refractivity contribution in [1.82, 2.24) is 9.97 Å². The van der Waals surface area contributed by atoms with Gasteiger partial charge in [-0.3, -0.25) is 4.79 Å². The third-order valence-corrected chi connectivity index (χ3v) is 5.49. The molecule has 2 aromatic carbocycles. The average molecular weight is 379 g/mol. The van der Waals surface area contributed by atoms with Crippen LogP contribution in [0.4, 0.5) is 5.82 Å². The number of hydrogen-bond acceptors (Lipinski definition) is 6. The third-order valence-electron chi connectivity index (χ3n) is 4.53. The van der Waals surface area contributed by atoms with Gasteiger partial charge in [0, 0.05) is 17.0 Å². The number of nitrogens with one attached hydrogen (secondary N) is 1. The molecule has 0 radical (unpaired) electrons. The van der Waals surface area contributed by atoms with Gasteiger partial charge in [-0.25, -0.2) is 9.97 Å². The van der Waals surface area contributed by atoms with Crippen LogP contribution < -0.4 is 10.1 Å². The highest BCUT2D eigenvalue weighted by molar-refractivity contribution is 8.00. The minimum absolute atomic E-state index is 0.0520. The van der Waals surface area contributed by atoms with Crippen LogP contribution in [0, 0.1) is 0 Å². The Morgan fingerprint density at radius 3 is 2.59 bits per heavy atom. The fourth-order valence-electron chi connectivity index (χ4n) is 2.84. The molecule has 1 unspecified atom stereocenters. The zero-order chi connectivity index (χ0) is 18.8. The van der Waals surface area contributed by atoms with E-state index in [1.807, 2.05) is 31.2 Å². The van der Waals surface area contributed by atoms with Crippen molar-refractivity contribution in [2.24, 2.45) is 0 Å². The molecule has 0 saturated heterocycles. The number of aromatic nitrogens is 2. The van der Waals surface area contributed by atoms with Gasteiger partial charge in [0.25, 0.3) is 0 Å². The highest BCUT2D eigenvalue weighted by Crippen LogP contribution is 2.31. The molecule has 1 N–H and O–H groups in total. The van der Waals surface area contributed by atoms with Gasteiger partial charge in [0.2, 0.25) is 0 Å². The van der Waals surface area contributed by atoms with Crippen LogP contribution in [0.15, 0.2) is 53.7 Å². The first-order valence-electron chi connectivity index (χ1n) is 9.02. The zero-order valence-electron chi connectivity index (χ0n) is 15.3. The molecule has 1 fully saturated rings. The van der Waals surface area contributed by atoms with E-state index < -0.39 is 0 Å². The molecule has 1 aromatic heterocycles. The summed E-state index contributed by atoms with van der Waals surface area (Å²) in [4.78, 5) is 22.1. The summed E-state index contributed by atoms with van der Waals surface area (Å²) >= 11 is 1.39. The number of anilines is 1. The van der Waals surface area contributed by atoms with Crippen molar-refractivity contribution in [3.05, 3.63) is 54.1 Å². The smallest absolute Gasteiger partial charge is 0.190 e. The largest absolute Gasteiger partial charge is 0.497 e. The molecule has 6 heteroatoms. The number of para-hydroxylation sites is 1. The van der Waals surface area contributed by atoms with E-state index in [2.05, 4.69) is 10.3 Å². The summed E-state index contributed by atoms with van der Waals surface area (Å²) in [5.41, 5.74) is 1.55. The van der Waals surface area contributed by atoms with E-state index >= 15 is 0 Å². The second kappa shape index (κ2) is 7.56. The van der Waals surface area contributed by atoms with Gasteiger partial charge in [-0.05, 0) is 56.2 Å². The SMILES string of the molecule is COc1ccc(C(=O)C(C)Sc2nc(NC3CC3)c3ccccc3n2)cc1. The van der Waals surface area contributed by atoms with Crippen LogP contribution in [0.1, 0.15) is 30.1 Å². The number of Topliss-reactive ketones (excluding diaryl/α,β-unsaturated/α-hetero) is 1. The molecule has 138 valence electrons. The normalized spacial score (nSPS) is 14.7. The molecule has 1 aliphatic rings. The van der Waals surface area contributed by atoms with Crippen LogP contribution in [0.25, 0.3) is 10.9 Å². The molecule has 27 heavy (non-hydrogen) atoms. The maximum atomic E-state index is 12.8.